The first-order valence-corrected chi connectivity index (χ1v) is 8.93. The van der Waals surface area contributed by atoms with E-state index >= 15 is 0 Å². The number of alkyl halides is 3. The molecule has 0 saturated carbocycles. The highest BCUT2D eigenvalue weighted by Gasteiger charge is 2.29. The fourth-order valence-electron chi connectivity index (χ4n) is 2.38. The highest BCUT2D eigenvalue weighted by atomic mass is 19.4. The lowest BCUT2D eigenvalue weighted by atomic mass is 10.1. The predicted molar refractivity (Wildman–Crippen MR) is 102 cm³/mol. The zero-order valence-corrected chi connectivity index (χ0v) is 15.9. The van der Waals surface area contributed by atoms with E-state index in [-0.39, 0.29) is 12.7 Å². The predicted octanol–water partition coefficient (Wildman–Crippen LogP) is 4.72. The maximum Gasteiger partial charge on any atom is 0.416 e. The zero-order valence-electron chi connectivity index (χ0n) is 15.9. The maximum absolute atomic E-state index is 12.6. The molecule has 1 aromatic heterocycles. The van der Waals surface area contributed by atoms with Gasteiger partial charge in [-0.05, 0) is 67.8 Å². The van der Waals surface area contributed by atoms with Crippen LogP contribution in [0.3, 0.4) is 0 Å². The molecule has 0 saturated heterocycles. The molecule has 1 heterocycles. The number of aromatic nitrogens is 2. The number of nitrogens with zero attached hydrogens (tertiary/aromatic N) is 2. The molecule has 0 aliphatic carbocycles. The Labute approximate surface area is 166 Å². The molecule has 2 aromatic carbocycles. The van der Waals surface area contributed by atoms with E-state index in [1.165, 1.54) is 17.0 Å². The van der Waals surface area contributed by atoms with Crippen molar-refractivity contribution in [2.24, 2.45) is 0 Å². The van der Waals surface area contributed by atoms with E-state index in [9.17, 15) is 13.2 Å². The van der Waals surface area contributed by atoms with Crippen molar-refractivity contribution in [3.8, 4) is 17.6 Å². The van der Waals surface area contributed by atoms with Crippen LogP contribution in [0.1, 0.15) is 36.2 Å². The van der Waals surface area contributed by atoms with Crippen LogP contribution >= 0.6 is 0 Å². The standard InChI is InChI=1S/C22H19F3N2O2/c1-16(2)29-27-14-13-20(26-27)10-5-17-6-11-21(12-7-17)28-15-18-3-8-19(9-4-18)22(23,24)25/h3-4,6-9,11-14,16H,15H2,1-2H3. The molecule has 0 amide bonds. The number of hydrogen-bond donors (Lipinski definition) is 0. The van der Waals surface area contributed by atoms with Gasteiger partial charge in [0.25, 0.3) is 0 Å². The van der Waals surface area contributed by atoms with Crippen molar-refractivity contribution >= 4 is 0 Å². The number of rotatable bonds is 5. The minimum Gasteiger partial charge on any atom is -0.489 e. The van der Waals surface area contributed by atoms with E-state index < -0.39 is 11.7 Å². The number of ether oxygens (including phenoxy) is 1. The summed E-state index contributed by atoms with van der Waals surface area (Å²) in [6.45, 7) is 4.00. The second-order valence-electron chi connectivity index (χ2n) is 6.52. The van der Waals surface area contributed by atoms with Crippen molar-refractivity contribution in [1.82, 2.24) is 9.94 Å². The molecule has 0 radical (unpaired) electrons. The van der Waals surface area contributed by atoms with Crippen LogP contribution in [0.5, 0.6) is 5.75 Å². The molecule has 0 N–H and O–H groups in total. The molecule has 3 aromatic rings. The molecule has 0 unspecified atom stereocenters. The molecule has 0 spiro atoms. The quantitative estimate of drug-likeness (QED) is 0.582. The lowest BCUT2D eigenvalue weighted by Gasteiger charge is -2.09. The third-order valence-corrected chi connectivity index (χ3v) is 3.76. The highest BCUT2D eigenvalue weighted by molar-refractivity contribution is 5.42. The second kappa shape index (κ2) is 8.74. The van der Waals surface area contributed by atoms with Gasteiger partial charge in [0.15, 0.2) is 0 Å². The van der Waals surface area contributed by atoms with E-state index in [0.29, 0.717) is 17.0 Å². The molecule has 29 heavy (non-hydrogen) atoms. The van der Waals surface area contributed by atoms with Crippen molar-refractivity contribution < 1.29 is 22.7 Å². The Morgan fingerprint density at radius 3 is 2.28 bits per heavy atom. The fraction of sp³-hybridized carbons (Fsp3) is 0.227. The summed E-state index contributed by atoms with van der Waals surface area (Å²) in [5.74, 6) is 6.56. The van der Waals surface area contributed by atoms with Crippen molar-refractivity contribution in [3.63, 3.8) is 0 Å². The van der Waals surface area contributed by atoms with E-state index in [1.807, 2.05) is 13.8 Å². The molecule has 0 aliphatic heterocycles. The van der Waals surface area contributed by atoms with Crippen molar-refractivity contribution in [3.05, 3.63) is 83.2 Å². The number of benzene rings is 2. The van der Waals surface area contributed by atoms with Gasteiger partial charge in [0.2, 0.25) is 0 Å². The van der Waals surface area contributed by atoms with Crippen LogP contribution in [0.2, 0.25) is 0 Å². The van der Waals surface area contributed by atoms with E-state index in [4.69, 9.17) is 9.57 Å². The molecular formula is C22H19F3N2O2. The topological polar surface area (TPSA) is 36.3 Å². The summed E-state index contributed by atoms with van der Waals surface area (Å²) < 4.78 is 43.3. The van der Waals surface area contributed by atoms with Gasteiger partial charge in [-0.2, -0.15) is 13.2 Å². The molecule has 150 valence electrons. The van der Waals surface area contributed by atoms with Crippen LogP contribution in [0.15, 0.2) is 60.8 Å². The summed E-state index contributed by atoms with van der Waals surface area (Å²) in [7, 11) is 0. The number of hydrogen-bond acceptors (Lipinski definition) is 3. The van der Waals surface area contributed by atoms with E-state index in [1.54, 1.807) is 36.5 Å². The minimum atomic E-state index is -4.34. The minimum absolute atomic E-state index is 0.0193. The molecule has 3 rings (SSSR count). The summed E-state index contributed by atoms with van der Waals surface area (Å²) in [5.41, 5.74) is 1.35. The first-order chi connectivity index (χ1) is 13.8. The van der Waals surface area contributed by atoms with Crippen molar-refractivity contribution in [1.29, 1.82) is 0 Å². The van der Waals surface area contributed by atoms with Gasteiger partial charge in [-0.1, -0.05) is 18.1 Å². The summed E-state index contributed by atoms with van der Waals surface area (Å²) in [6.07, 6.45) is -2.62. The Morgan fingerprint density at radius 2 is 1.66 bits per heavy atom. The van der Waals surface area contributed by atoms with Gasteiger partial charge >= 0.3 is 6.18 Å². The van der Waals surface area contributed by atoms with Gasteiger partial charge in [-0.15, -0.1) is 9.94 Å². The van der Waals surface area contributed by atoms with Gasteiger partial charge in [-0.3, -0.25) is 0 Å². The first-order valence-electron chi connectivity index (χ1n) is 8.93. The average Bonchev–Trinajstić information content (AvgIpc) is 3.12. The Kier molecular flexibility index (Phi) is 6.13. The van der Waals surface area contributed by atoms with Crippen LogP contribution in [0, 0.1) is 11.8 Å². The Balaban J connectivity index is 1.56. The van der Waals surface area contributed by atoms with Crippen molar-refractivity contribution in [2.45, 2.75) is 32.7 Å². The second-order valence-corrected chi connectivity index (χ2v) is 6.52. The maximum atomic E-state index is 12.6. The van der Waals surface area contributed by atoms with Crippen LogP contribution in [0.25, 0.3) is 0 Å². The molecule has 7 heteroatoms. The summed E-state index contributed by atoms with van der Waals surface area (Å²) in [4.78, 5) is 6.80. The Hall–Kier alpha value is -3.40. The monoisotopic (exact) mass is 400 g/mol. The van der Waals surface area contributed by atoms with Gasteiger partial charge in [0.05, 0.1) is 11.8 Å². The van der Waals surface area contributed by atoms with E-state index in [0.717, 1.165) is 17.7 Å². The number of halogens is 3. The summed E-state index contributed by atoms with van der Waals surface area (Å²) in [6, 6.07) is 13.8. The largest absolute Gasteiger partial charge is 0.489 e. The van der Waals surface area contributed by atoms with E-state index in [2.05, 4.69) is 16.9 Å². The SMILES string of the molecule is CC(C)On1ccc(C#Cc2ccc(OCc3ccc(C(F)(F)F)cc3)cc2)n1. The third kappa shape index (κ3) is 6.04. The molecule has 0 atom stereocenters. The fourth-order valence-corrected chi connectivity index (χ4v) is 2.38. The molecule has 0 bridgehead atoms. The smallest absolute Gasteiger partial charge is 0.416 e. The van der Waals surface area contributed by atoms with Gasteiger partial charge < -0.3 is 9.57 Å². The zero-order chi connectivity index (χ0) is 20.9. The Bertz CT molecular complexity index is 996. The van der Waals surface area contributed by atoms with Crippen LogP contribution in [-0.4, -0.2) is 16.0 Å². The lowest BCUT2D eigenvalue weighted by Crippen LogP contribution is -2.19. The highest BCUT2D eigenvalue weighted by Crippen LogP contribution is 2.29. The van der Waals surface area contributed by atoms with Gasteiger partial charge in [-0.25, -0.2) is 0 Å². The van der Waals surface area contributed by atoms with Crippen LogP contribution in [-0.2, 0) is 12.8 Å². The van der Waals surface area contributed by atoms with Crippen molar-refractivity contribution in [2.75, 3.05) is 0 Å². The molecule has 0 fully saturated rings. The Morgan fingerprint density at radius 1 is 0.966 bits per heavy atom. The van der Waals surface area contributed by atoms with Crippen LogP contribution in [0.4, 0.5) is 13.2 Å². The first kappa shape index (κ1) is 20.3. The van der Waals surface area contributed by atoms with Gasteiger partial charge in [0.1, 0.15) is 24.2 Å². The summed E-state index contributed by atoms with van der Waals surface area (Å²) >= 11 is 0. The van der Waals surface area contributed by atoms with Crippen LogP contribution < -0.4 is 9.57 Å². The third-order valence-electron chi connectivity index (χ3n) is 3.76. The van der Waals surface area contributed by atoms with Gasteiger partial charge in [0, 0.05) is 5.56 Å². The normalized spacial score (nSPS) is 11.1. The lowest BCUT2D eigenvalue weighted by molar-refractivity contribution is -0.137. The molecule has 0 aliphatic rings. The summed E-state index contributed by atoms with van der Waals surface area (Å²) in [5, 5.41) is 4.19. The average molecular weight is 400 g/mol. The molecule has 4 nitrogen and oxygen atoms in total. The molecular weight excluding hydrogens is 381 g/mol.